The van der Waals surface area contributed by atoms with Crippen LogP contribution >= 0.6 is 0 Å². The Bertz CT molecular complexity index is 729. The van der Waals surface area contributed by atoms with E-state index in [1.807, 2.05) is 17.9 Å². The number of hydrogen-bond donors (Lipinski definition) is 0. The lowest BCUT2D eigenvalue weighted by Gasteiger charge is -2.20. The third-order valence-electron chi connectivity index (χ3n) is 4.41. The van der Waals surface area contributed by atoms with Gasteiger partial charge in [-0.3, -0.25) is 9.69 Å². The van der Waals surface area contributed by atoms with Gasteiger partial charge in [-0.25, -0.2) is 0 Å². The molecule has 0 unspecified atom stereocenters. The smallest absolute Gasteiger partial charge is 0.289 e. The summed E-state index contributed by atoms with van der Waals surface area (Å²) in [6.45, 7) is 11.8. The second-order valence-corrected chi connectivity index (χ2v) is 7.62. The Morgan fingerprint density at radius 3 is 2.68 bits per heavy atom. The van der Waals surface area contributed by atoms with Gasteiger partial charge < -0.3 is 13.8 Å². The van der Waals surface area contributed by atoms with Gasteiger partial charge in [-0.1, -0.05) is 25.9 Å². The van der Waals surface area contributed by atoms with Crippen molar-refractivity contribution in [2.45, 2.75) is 46.1 Å². The average Bonchev–Trinajstić information content (AvgIpc) is 3.11. The number of carbonyl (C=O) groups excluding carboxylic acids is 1. The number of furan rings is 1. The van der Waals surface area contributed by atoms with Crippen molar-refractivity contribution < 1.29 is 13.7 Å². The molecule has 0 aliphatic carbocycles. The predicted molar refractivity (Wildman–Crippen MR) is 92.2 cm³/mol. The normalized spacial score (nSPS) is 16.9. The molecule has 0 atom stereocenters. The molecule has 0 bridgehead atoms. The fraction of sp³-hybridized carbons (Fsp3) is 0.611. The third-order valence-corrected chi connectivity index (χ3v) is 4.41. The first-order valence-corrected chi connectivity index (χ1v) is 8.73. The molecular formula is C18H26N4O3. The summed E-state index contributed by atoms with van der Waals surface area (Å²) in [5.74, 6) is 1.77. The van der Waals surface area contributed by atoms with Crippen LogP contribution in [0, 0.1) is 6.92 Å². The molecule has 136 valence electrons. The van der Waals surface area contributed by atoms with Crippen LogP contribution in [0.15, 0.2) is 21.3 Å². The summed E-state index contributed by atoms with van der Waals surface area (Å²) in [5, 5.41) is 4.09. The maximum Gasteiger partial charge on any atom is 0.289 e. The summed E-state index contributed by atoms with van der Waals surface area (Å²) in [6, 6.07) is 1.82. The van der Waals surface area contributed by atoms with Crippen LogP contribution in [0.1, 0.15) is 55.0 Å². The highest BCUT2D eigenvalue weighted by Crippen LogP contribution is 2.20. The second-order valence-electron chi connectivity index (χ2n) is 7.62. The van der Waals surface area contributed by atoms with Gasteiger partial charge in [-0.05, 0) is 19.4 Å². The first kappa shape index (κ1) is 17.7. The fourth-order valence-corrected chi connectivity index (χ4v) is 2.89. The predicted octanol–water partition coefficient (Wildman–Crippen LogP) is 2.62. The molecule has 2 aromatic heterocycles. The zero-order valence-corrected chi connectivity index (χ0v) is 15.4. The minimum absolute atomic E-state index is 0.0288. The van der Waals surface area contributed by atoms with Gasteiger partial charge in [0.1, 0.15) is 0 Å². The van der Waals surface area contributed by atoms with Crippen LogP contribution in [-0.4, -0.2) is 52.0 Å². The lowest BCUT2D eigenvalue weighted by Crippen LogP contribution is -2.35. The number of rotatable bonds is 3. The Morgan fingerprint density at radius 2 is 2.04 bits per heavy atom. The molecule has 3 heterocycles. The van der Waals surface area contributed by atoms with E-state index in [9.17, 15) is 4.79 Å². The van der Waals surface area contributed by atoms with Crippen LogP contribution in [0.3, 0.4) is 0 Å². The molecule has 7 heteroatoms. The fourth-order valence-electron chi connectivity index (χ4n) is 2.89. The Hall–Kier alpha value is -2.15. The molecule has 1 saturated heterocycles. The van der Waals surface area contributed by atoms with E-state index in [1.54, 1.807) is 6.26 Å². The Morgan fingerprint density at radius 1 is 1.24 bits per heavy atom. The van der Waals surface area contributed by atoms with Crippen molar-refractivity contribution in [3.8, 4) is 0 Å². The highest BCUT2D eigenvalue weighted by Gasteiger charge is 2.25. The molecule has 2 aromatic rings. The topological polar surface area (TPSA) is 75.6 Å². The molecule has 1 amide bonds. The van der Waals surface area contributed by atoms with Gasteiger partial charge in [-0.2, -0.15) is 4.98 Å². The lowest BCUT2D eigenvalue weighted by atomic mass is 9.97. The minimum Gasteiger partial charge on any atom is -0.459 e. The molecule has 7 nitrogen and oxygen atoms in total. The van der Waals surface area contributed by atoms with Crippen LogP contribution in [0.2, 0.25) is 0 Å². The van der Waals surface area contributed by atoms with E-state index in [2.05, 4.69) is 35.8 Å². The van der Waals surface area contributed by atoms with E-state index in [0.29, 0.717) is 30.6 Å². The first-order valence-electron chi connectivity index (χ1n) is 8.73. The van der Waals surface area contributed by atoms with Crippen molar-refractivity contribution in [1.82, 2.24) is 19.9 Å². The van der Waals surface area contributed by atoms with E-state index in [1.165, 1.54) is 0 Å². The highest BCUT2D eigenvalue weighted by atomic mass is 16.5. The summed E-state index contributed by atoms with van der Waals surface area (Å²) in [6.07, 6.45) is 2.48. The van der Waals surface area contributed by atoms with Gasteiger partial charge in [-0.15, -0.1) is 0 Å². The number of hydrogen-bond acceptors (Lipinski definition) is 6. The Labute approximate surface area is 148 Å². The number of amides is 1. The van der Waals surface area contributed by atoms with Gasteiger partial charge in [0.15, 0.2) is 11.6 Å². The molecular weight excluding hydrogens is 320 g/mol. The standard InChI is InChI=1S/C18H26N4O3/c1-13-6-11-24-15(13)16(23)22-8-5-7-21(9-10-22)12-14-19-17(25-20-14)18(2,3)4/h6,11H,5,7-10,12H2,1-4H3. The van der Waals surface area contributed by atoms with Crippen molar-refractivity contribution in [2.75, 3.05) is 26.2 Å². The molecule has 0 aromatic carbocycles. The Kier molecular flexibility index (Phi) is 4.94. The van der Waals surface area contributed by atoms with E-state index < -0.39 is 0 Å². The van der Waals surface area contributed by atoms with Crippen molar-refractivity contribution in [3.05, 3.63) is 35.4 Å². The van der Waals surface area contributed by atoms with Gasteiger partial charge in [0.05, 0.1) is 12.8 Å². The number of aromatic nitrogens is 2. The van der Waals surface area contributed by atoms with Crippen molar-refractivity contribution in [1.29, 1.82) is 0 Å². The van der Waals surface area contributed by atoms with Crippen LogP contribution in [0.5, 0.6) is 0 Å². The molecule has 25 heavy (non-hydrogen) atoms. The van der Waals surface area contributed by atoms with Gasteiger partial charge in [0.25, 0.3) is 5.91 Å². The van der Waals surface area contributed by atoms with E-state index in [0.717, 1.165) is 31.6 Å². The first-order chi connectivity index (χ1) is 11.8. The molecule has 0 saturated carbocycles. The number of nitrogens with zero attached hydrogens (tertiary/aromatic N) is 4. The summed E-state index contributed by atoms with van der Waals surface area (Å²) >= 11 is 0. The van der Waals surface area contributed by atoms with Crippen molar-refractivity contribution in [2.24, 2.45) is 0 Å². The lowest BCUT2D eigenvalue weighted by molar-refractivity contribution is 0.0728. The molecule has 1 aliphatic heterocycles. The largest absolute Gasteiger partial charge is 0.459 e. The van der Waals surface area contributed by atoms with Gasteiger partial charge in [0.2, 0.25) is 5.89 Å². The van der Waals surface area contributed by atoms with Gasteiger partial charge in [0, 0.05) is 37.2 Å². The maximum atomic E-state index is 12.6. The maximum absolute atomic E-state index is 12.6. The van der Waals surface area contributed by atoms with E-state index >= 15 is 0 Å². The van der Waals surface area contributed by atoms with Crippen LogP contribution < -0.4 is 0 Å². The molecule has 3 rings (SSSR count). The average molecular weight is 346 g/mol. The Balaban J connectivity index is 1.59. The zero-order valence-electron chi connectivity index (χ0n) is 15.4. The second kappa shape index (κ2) is 7.00. The summed E-state index contributed by atoms with van der Waals surface area (Å²) in [7, 11) is 0. The van der Waals surface area contributed by atoms with Crippen molar-refractivity contribution >= 4 is 5.91 Å². The monoisotopic (exact) mass is 346 g/mol. The summed E-state index contributed by atoms with van der Waals surface area (Å²) in [4.78, 5) is 21.2. The van der Waals surface area contributed by atoms with E-state index in [4.69, 9.17) is 8.94 Å². The van der Waals surface area contributed by atoms with Crippen LogP contribution in [0.25, 0.3) is 0 Å². The van der Waals surface area contributed by atoms with Gasteiger partial charge >= 0.3 is 0 Å². The van der Waals surface area contributed by atoms with Crippen LogP contribution in [0.4, 0.5) is 0 Å². The van der Waals surface area contributed by atoms with Crippen molar-refractivity contribution in [3.63, 3.8) is 0 Å². The highest BCUT2D eigenvalue weighted by molar-refractivity contribution is 5.92. The summed E-state index contributed by atoms with van der Waals surface area (Å²) < 4.78 is 10.7. The molecule has 0 N–H and O–H groups in total. The van der Waals surface area contributed by atoms with E-state index in [-0.39, 0.29) is 11.3 Å². The minimum atomic E-state index is -0.145. The third kappa shape index (κ3) is 4.10. The number of aryl methyl sites for hydroxylation is 1. The number of carbonyl (C=O) groups is 1. The molecule has 0 spiro atoms. The molecule has 1 aliphatic rings. The van der Waals surface area contributed by atoms with Crippen LogP contribution in [-0.2, 0) is 12.0 Å². The molecule has 1 fully saturated rings. The zero-order chi connectivity index (χ0) is 18.0. The molecule has 0 radical (unpaired) electrons. The SMILES string of the molecule is Cc1ccoc1C(=O)N1CCCN(Cc2noc(C(C)(C)C)n2)CC1. The quantitative estimate of drug-likeness (QED) is 0.850. The summed E-state index contributed by atoms with van der Waals surface area (Å²) in [5.41, 5.74) is 0.737.